The number of hydrogen-bond donors (Lipinski definition) is 0. The third-order valence-corrected chi connectivity index (χ3v) is 4.16. The Bertz CT molecular complexity index is 1060. The van der Waals surface area contributed by atoms with Gasteiger partial charge in [-0.2, -0.15) is 0 Å². The molecule has 0 saturated carbocycles. The molecule has 0 fully saturated rings. The molecule has 26 heavy (non-hydrogen) atoms. The van der Waals surface area contributed by atoms with Gasteiger partial charge in [0.05, 0.1) is 19.9 Å². The highest BCUT2D eigenvalue weighted by Crippen LogP contribution is 2.30. The first kappa shape index (κ1) is 16.0. The van der Waals surface area contributed by atoms with Crippen LogP contribution in [0.4, 0.5) is 0 Å². The van der Waals surface area contributed by atoms with Gasteiger partial charge in [0.1, 0.15) is 11.5 Å². The van der Waals surface area contributed by atoms with Gasteiger partial charge in [-0.25, -0.2) is 15.0 Å². The summed E-state index contributed by atoms with van der Waals surface area (Å²) in [6.07, 6.45) is 1.74. The lowest BCUT2D eigenvalue weighted by atomic mass is 10.1. The molecule has 5 nitrogen and oxygen atoms in total. The van der Waals surface area contributed by atoms with E-state index in [0.717, 1.165) is 33.7 Å². The number of pyridine rings is 1. The Balaban J connectivity index is 1.93. The number of hydrogen-bond acceptors (Lipinski definition) is 5. The maximum atomic E-state index is 5.32. The van der Waals surface area contributed by atoms with E-state index in [1.165, 1.54) is 0 Å². The molecule has 0 amide bonds. The van der Waals surface area contributed by atoms with Crippen LogP contribution in [0.5, 0.6) is 11.5 Å². The lowest BCUT2D eigenvalue weighted by Gasteiger charge is -2.10. The summed E-state index contributed by atoms with van der Waals surface area (Å²) in [5.41, 5.74) is 3.36. The molecule has 0 N–H and O–H groups in total. The Morgan fingerprint density at radius 1 is 0.731 bits per heavy atom. The third-order valence-electron chi connectivity index (χ3n) is 4.16. The quantitative estimate of drug-likeness (QED) is 0.550. The molecule has 0 spiro atoms. The Hall–Kier alpha value is -3.47. The van der Waals surface area contributed by atoms with Crippen LogP contribution in [0.2, 0.25) is 0 Å². The summed E-state index contributed by atoms with van der Waals surface area (Å²) in [4.78, 5) is 13.9. The van der Waals surface area contributed by atoms with Crippen molar-refractivity contribution in [3.8, 4) is 34.1 Å². The first-order valence-corrected chi connectivity index (χ1v) is 8.20. The van der Waals surface area contributed by atoms with Gasteiger partial charge in [0.25, 0.3) is 0 Å². The molecule has 2 aromatic carbocycles. The van der Waals surface area contributed by atoms with E-state index < -0.39 is 0 Å². The molecule has 128 valence electrons. The van der Waals surface area contributed by atoms with Crippen molar-refractivity contribution >= 4 is 11.0 Å². The molecular formula is C21H17N3O2. The minimum absolute atomic E-state index is 0.612. The predicted molar refractivity (Wildman–Crippen MR) is 101 cm³/mol. The number of methoxy groups -OCH3 is 2. The summed E-state index contributed by atoms with van der Waals surface area (Å²) in [6.45, 7) is 0. The molecule has 2 heterocycles. The van der Waals surface area contributed by atoms with Crippen LogP contribution in [0.25, 0.3) is 33.7 Å². The smallest absolute Gasteiger partial charge is 0.163 e. The van der Waals surface area contributed by atoms with Gasteiger partial charge < -0.3 is 9.47 Å². The Morgan fingerprint density at radius 3 is 2.31 bits per heavy atom. The third kappa shape index (κ3) is 2.95. The van der Waals surface area contributed by atoms with Crippen LogP contribution in [-0.4, -0.2) is 29.2 Å². The van der Waals surface area contributed by atoms with Crippen LogP contribution >= 0.6 is 0 Å². The van der Waals surface area contributed by atoms with Crippen molar-refractivity contribution in [2.75, 3.05) is 14.2 Å². The van der Waals surface area contributed by atoms with Crippen molar-refractivity contribution in [3.63, 3.8) is 0 Å². The van der Waals surface area contributed by atoms with Crippen LogP contribution < -0.4 is 9.47 Å². The first-order chi connectivity index (χ1) is 12.8. The highest BCUT2D eigenvalue weighted by Gasteiger charge is 2.12. The Morgan fingerprint density at radius 2 is 1.54 bits per heavy atom. The van der Waals surface area contributed by atoms with Crippen molar-refractivity contribution in [3.05, 3.63) is 66.9 Å². The maximum Gasteiger partial charge on any atom is 0.163 e. The van der Waals surface area contributed by atoms with E-state index in [0.29, 0.717) is 11.5 Å². The molecule has 5 heteroatoms. The molecule has 0 aliphatic heterocycles. The second-order valence-electron chi connectivity index (χ2n) is 5.73. The molecule has 4 aromatic rings. The zero-order chi connectivity index (χ0) is 17.9. The minimum Gasteiger partial charge on any atom is -0.497 e. The normalized spacial score (nSPS) is 10.7. The van der Waals surface area contributed by atoms with E-state index in [-0.39, 0.29) is 0 Å². The van der Waals surface area contributed by atoms with E-state index in [1.54, 1.807) is 20.4 Å². The fourth-order valence-electron chi connectivity index (χ4n) is 2.82. The van der Waals surface area contributed by atoms with E-state index in [1.807, 2.05) is 60.7 Å². The number of nitrogens with zero attached hydrogens (tertiary/aromatic N) is 3. The highest BCUT2D eigenvalue weighted by molar-refractivity contribution is 5.91. The number of ether oxygens (including phenoxy) is 2. The highest BCUT2D eigenvalue weighted by atomic mass is 16.5. The van der Waals surface area contributed by atoms with Crippen LogP contribution in [0.3, 0.4) is 0 Å². The lowest BCUT2D eigenvalue weighted by Crippen LogP contribution is -1.97. The van der Waals surface area contributed by atoms with Crippen LogP contribution in [0, 0.1) is 0 Å². The van der Waals surface area contributed by atoms with Crippen molar-refractivity contribution in [2.45, 2.75) is 0 Å². The van der Waals surface area contributed by atoms with Crippen molar-refractivity contribution in [2.24, 2.45) is 0 Å². The fourth-order valence-corrected chi connectivity index (χ4v) is 2.82. The molecular weight excluding hydrogens is 326 g/mol. The summed E-state index contributed by atoms with van der Waals surface area (Å²) in [5.74, 6) is 2.18. The van der Waals surface area contributed by atoms with Gasteiger partial charge in [-0.1, -0.05) is 12.1 Å². The standard InChI is InChI=1S/C21H17N3O2/c1-25-16-10-8-14(9-11-16)19-18-7-4-12-22-21(18)24-20(23-19)15-5-3-6-17(13-15)26-2/h3-13H,1-2H3. The number of rotatable bonds is 4. The van der Waals surface area contributed by atoms with Gasteiger partial charge in [-0.05, 0) is 48.5 Å². The van der Waals surface area contributed by atoms with Crippen LogP contribution in [0.15, 0.2) is 66.9 Å². The van der Waals surface area contributed by atoms with Gasteiger partial charge >= 0.3 is 0 Å². The zero-order valence-corrected chi connectivity index (χ0v) is 14.5. The topological polar surface area (TPSA) is 57.1 Å². The number of benzene rings is 2. The number of aromatic nitrogens is 3. The predicted octanol–water partition coefficient (Wildman–Crippen LogP) is 4.38. The van der Waals surface area contributed by atoms with Crippen molar-refractivity contribution in [1.82, 2.24) is 15.0 Å². The summed E-state index contributed by atoms with van der Waals surface area (Å²) < 4.78 is 10.6. The second kappa shape index (κ2) is 6.80. The van der Waals surface area contributed by atoms with Crippen molar-refractivity contribution in [1.29, 1.82) is 0 Å². The molecule has 0 bridgehead atoms. The van der Waals surface area contributed by atoms with Gasteiger partial charge in [0.15, 0.2) is 11.5 Å². The van der Waals surface area contributed by atoms with Crippen molar-refractivity contribution < 1.29 is 9.47 Å². The van der Waals surface area contributed by atoms with Gasteiger partial charge in [-0.3, -0.25) is 0 Å². The fraction of sp³-hybridized carbons (Fsp3) is 0.0952. The number of fused-ring (bicyclic) bond motifs is 1. The lowest BCUT2D eigenvalue weighted by molar-refractivity contribution is 0.415. The average molecular weight is 343 g/mol. The molecule has 0 radical (unpaired) electrons. The maximum absolute atomic E-state index is 5.32. The van der Waals surface area contributed by atoms with E-state index in [9.17, 15) is 0 Å². The SMILES string of the molecule is COc1ccc(-c2nc(-c3cccc(OC)c3)nc3ncccc23)cc1. The largest absolute Gasteiger partial charge is 0.497 e. The van der Waals surface area contributed by atoms with E-state index in [2.05, 4.69) is 9.97 Å². The average Bonchev–Trinajstić information content (AvgIpc) is 2.73. The minimum atomic E-state index is 0.612. The Kier molecular flexibility index (Phi) is 4.19. The second-order valence-corrected chi connectivity index (χ2v) is 5.73. The van der Waals surface area contributed by atoms with Gasteiger partial charge in [0.2, 0.25) is 0 Å². The molecule has 0 aliphatic carbocycles. The van der Waals surface area contributed by atoms with E-state index in [4.69, 9.17) is 14.5 Å². The van der Waals surface area contributed by atoms with Gasteiger partial charge in [0, 0.05) is 22.7 Å². The van der Waals surface area contributed by atoms with Crippen LogP contribution in [-0.2, 0) is 0 Å². The summed E-state index contributed by atoms with van der Waals surface area (Å²) in [5, 5.41) is 0.907. The Labute approximate surface area is 151 Å². The van der Waals surface area contributed by atoms with E-state index >= 15 is 0 Å². The monoisotopic (exact) mass is 343 g/mol. The molecule has 0 aliphatic rings. The van der Waals surface area contributed by atoms with Gasteiger partial charge in [-0.15, -0.1) is 0 Å². The summed E-state index contributed by atoms with van der Waals surface area (Å²) >= 11 is 0. The molecule has 4 rings (SSSR count). The zero-order valence-electron chi connectivity index (χ0n) is 14.5. The first-order valence-electron chi connectivity index (χ1n) is 8.20. The van der Waals surface area contributed by atoms with Crippen LogP contribution in [0.1, 0.15) is 0 Å². The summed E-state index contributed by atoms with van der Waals surface area (Å²) in [7, 11) is 3.30. The molecule has 0 saturated heterocycles. The molecule has 0 atom stereocenters. The molecule has 2 aromatic heterocycles. The summed E-state index contributed by atoms with van der Waals surface area (Å²) in [6, 6.07) is 19.4. The molecule has 0 unspecified atom stereocenters.